The fraction of sp³-hybridized carbons (Fsp3) is 0.121. The van der Waals surface area contributed by atoms with Crippen LogP contribution in [0.5, 0.6) is 5.75 Å². The Balaban J connectivity index is 1.50. The quantitative estimate of drug-likeness (QED) is 0.117. The van der Waals surface area contributed by atoms with Gasteiger partial charge in [0.05, 0.1) is 18.0 Å². The van der Waals surface area contributed by atoms with E-state index in [4.69, 9.17) is 4.74 Å². The molecule has 0 bridgehead atoms. The summed E-state index contributed by atoms with van der Waals surface area (Å²) < 4.78 is 6.19. The Labute approximate surface area is 257 Å². The molecule has 0 spiro atoms. The average molecular weight is 645 g/mol. The molecule has 9 heteroatoms. The van der Waals surface area contributed by atoms with Gasteiger partial charge in [-0.25, -0.2) is 0 Å². The summed E-state index contributed by atoms with van der Waals surface area (Å²) in [5, 5.41) is 8.21. The van der Waals surface area contributed by atoms with Crippen LogP contribution in [0.25, 0.3) is 6.08 Å². The lowest BCUT2D eigenvalue weighted by Gasteiger charge is -2.17. The third kappa shape index (κ3) is 8.58. The number of hydrogen-bond donors (Lipinski definition) is 3. The first-order chi connectivity index (χ1) is 20.4. The smallest absolute Gasteiger partial charge is 0.272 e. The van der Waals surface area contributed by atoms with Crippen LogP contribution in [0.15, 0.2) is 118 Å². The predicted molar refractivity (Wildman–Crippen MR) is 173 cm³/mol. The first kappa shape index (κ1) is 30.6. The first-order valence-electron chi connectivity index (χ1n) is 13.2. The van der Waals surface area contributed by atoms with Gasteiger partial charge in [0.15, 0.2) is 0 Å². The second-order valence-corrected chi connectivity index (χ2v) is 11.3. The van der Waals surface area contributed by atoms with Gasteiger partial charge in [0.1, 0.15) is 11.4 Å². The maximum absolute atomic E-state index is 13.4. The summed E-state index contributed by atoms with van der Waals surface area (Å²) in [4.78, 5) is 40.2. The predicted octanol–water partition coefficient (Wildman–Crippen LogP) is 7.38. The van der Waals surface area contributed by atoms with E-state index in [0.717, 1.165) is 14.9 Å². The minimum atomic E-state index is -0.484. The molecule has 4 aromatic rings. The topological polar surface area (TPSA) is 96.5 Å². The highest BCUT2D eigenvalue weighted by molar-refractivity contribution is 9.10. The van der Waals surface area contributed by atoms with Gasteiger partial charge in [-0.1, -0.05) is 71.4 Å². The van der Waals surface area contributed by atoms with Crippen LogP contribution in [-0.4, -0.2) is 30.1 Å². The summed E-state index contributed by atoms with van der Waals surface area (Å²) in [5.41, 5.74) is 2.38. The van der Waals surface area contributed by atoms with Crippen LogP contribution in [0.4, 0.5) is 11.4 Å². The second kappa shape index (κ2) is 15.0. The van der Waals surface area contributed by atoms with Crippen molar-refractivity contribution in [2.45, 2.75) is 23.5 Å². The molecule has 0 aliphatic carbocycles. The number of nitrogens with one attached hydrogen (secondary N) is 3. The van der Waals surface area contributed by atoms with Crippen molar-refractivity contribution in [1.29, 1.82) is 0 Å². The highest BCUT2D eigenvalue weighted by Gasteiger charge is 2.20. The third-order valence-electron chi connectivity index (χ3n) is 6.09. The van der Waals surface area contributed by atoms with Crippen molar-refractivity contribution in [1.82, 2.24) is 5.32 Å². The normalized spacial score (nSPS) is 11.7. The van der Waals surface area contributed by atoms with Crippen molar-refractivity contribution in [3.8, 4) is 5.75 Å². The summed E-state index contributed by atoms with van der Waals surface area (Å²) in [5.74, 6) is -0.448. The lowest BCUT2D eigenvalue weighted by Crippen LogP contribution is -2.30. The van der Waals surface area contributed by atoms with E-state index < -0.39 is 11.8 Å². The number of hydrogen-bond acceptors (Lipinski definition) is 5. The Morgan fingerprint density at radius 1 is 0.881 bits per heavy atom. The number of carbonyl (C=O) groups excluding carboxylic acids is 3. The Kier molecular flexibility index (Phi) is 11.0. The van der Waals surface area contributed by atoms with Gasteiger partial charge in [0.25, 0.3) is 11.8 Å². The molecule has 0 saturated carbocycles. The minimum Gasteiger partial charge on any atom is -0.495 e. The fourth-order valence-electron chi connectivity index (χ4n) is 4.00. The van der Waals surface area contributed by atoms with Gasteiger partial charge in [-0.15, -0.1) is 11.8 Å². The summed E-state index contributed by atoms with van der Waals surface area (Å²) in [6.07, 6.45) is 2.21. The maximum Gasteiger partial charge on any atom is 0.272 e. The molecule has 0 aliphatic heterocycles. The molecule has 1 unspecified atom stereocenters. The summed E-state index contributed by atoms with van der Waals surface area (Å²) in [6, 6.07) is 30.6. The van der Waals surface area contributed by atoms with E-state index in [-0.39, 0.29) is 16.9 Å². The Bertz CT molecular complexity index is 1590. The van der Waals surface area contributed by atoms with E-state index in [1.54, 1.807) is 61.7 Å². The van der Waals surface area contributed by atoms with Crippen molar-refractivity contribution in [2.75, 3.05) is 17.7 Å². The van der Waals surface area contributed by atoms with Gasteiger partial charge in [-0.2, -0.15) is 0 Å². The van der Waals surface area contributed by atoms with E-state index in [1.165, 1.54) is 11.8 Å². The minimum absolute atomic E-state index is 0.0858. The van der Waals surface area contributed by atoms with Gasteiger partial charge < -0.3 is 20.7 Å². The number of anilines is 2. The second-order valence-electron chi connectivity index (χ2n) is 9.12. The lowest BCUT2D eigenvalue weighted by molar-refractivity contribution is -0.116. The Morgan fingerprint density at radius 3 is 2.36 bits per heavy atom. The maximum atomic E-state index is 13.4. The molecule has 42 heavy (non-hydrogen) atoms. The Hall–Kier alpha value is -4.34. The number of para-hydroxylation sites is 2. The molecule has 0 aromatic heterocycles. The van der Waals surface area contributed by atoms with Crippen molar-refractivity contribution < 1.29 is 19.1 Å². The number of rotatable bonds is 11. The monoisotopic (exact) mass is 643 g/mol. The summed E-state index contributed by atoms with van der Waals surface area (Å²) in [7, 11) is 1.56. The van der Waals surface area contributed by atoms with Crippen LogP contribution in [0, 0.1) is 0 Å². The van der Waals surface area contributed by atoms with Crippen LogP contribution in [0.2, 0.25) is 0 Å². The molecule has 0 fully saturated rings. The summed E-state index contributed by atoms with van der Waals surface area (Å²) >= 11 is 4.84. The molecule has 0 heterocycles. The van der Waals surface area contributed by atoms with Crippen molar-refractivity contribution >= 4 is 62.9 Å². The highest BCUT2D eigenvalue weighted by atomic mass is 79.9. The number of amides is 3. The van der Waals surface area contributed by atoms with E-state index in [1.807, 2.05) is 61.5 Å². The molecule has 214 valence electrons. The van der Waals surface area contributed by atoms with Gasteiger partial charge in [0.2, 0.25) is 5.91 Å². The van der Waals surface area contributed by atoms with Gasteiger partial charge >= 0.3 is 0 Å². The molecule has 7 nitrogen and oxygen atoms in total. The molecule has 0 saturated heterocycles. The number of methoxy groups -OCH3 is 1. The zero-order valence-corrected chi connectivity index (χ0v) is 25.5. The zero-order valence-electron chi connectivity index (χ0n) is 23.1. The number of carbonyl (C=O) groups is 3. The molecule has 1 atom stereocenters. The number of halogens is 1. The van der Waals surface area contributed by atoms with Crippen molar-refractivity contribution in [2.24, 2.45) is 0 Å². The molecular formula is C33H30BrN3O4S. The lowest BCUT2D eigenvalue weighted by atomic mass is 10.1. The van der Waals surface area contributed by atoms with Crippen LogP contribution in [0.3, 0.4) is 0 Å². The Morgan fingerprint density at radius 2 is 1.62 bits per heavy atom. The molecule has 0 aliphatic rings. The molecule has 3 N–H and O–H groups in total. The standard InChI is InChI=1S/C33H30BrN3O4S/c1-3-30(33(40)36-27-17-7-8-18-29(27)41-2)42-26-16-10-15-25(21-26)35-32(39)28(20-22-11-9-14-24(34)19-22)37-31(38)23-12-5-4-6-13-23/h4-21,30H,3H2,1-2H3,(H,35,39)(H,36,40)(H,37,38)/b28-20+. The van der Waals surface area contributed by atoms with Gasteiger partial charge in [0, 0.05) is 20.6 Å². The fourth-order valence-corrected chi connectivity index (χ4v) is 5.43. The van der Waals surface area contributed by atoms with Gasteiger partial charge in [-0.05, 0) is 72.7 Å². The SMILES string of the molecule is CCC(Sc1cccc(NC(=O)/C(=C\c2cccc(Br)c2)NC(=O)c2ccccc2)c1)C(=O)Nc1ccccc1OC. The van der Waals surface area contributed by atoms with Crippen LogP contribution < -0.4 is 20.7 Å². The molecule has 3 amide bonds. The average Bonchev–Trinajstić information content (AvgIpc) is 3.00. The van der Waals surface area contributed by atoms with Crippen LogP contribution in [-0.2, 0) is 9.59 Å². The van der Waals surface area contributed by atoms with Crippen molar-refractivity contribution in [3.63, 3.8) is 0 Å². The van der Waals surface area contributed by atoms with E-state index >= 15 is 0 Å². The van der Waals surface area contributed by atoms with E-state index in [0.29, 0.717) is 29.1 Å². The number of thioether (sulfide) groups is 1. The molecule has 4 aromatic carbocycles. The molecule has 4 rings (SSSR count). The highest BCUT2D eigenvalue weighted by Crippen LogP contribution is 2.30. The van der Waals surface area contributed by atoms with E-state index in [2.05, 4.69) is 31.9 Å². The number of benzene rings is 4. The summed E-state index contributed by atoms with van der Waals surface area (Å²) in [6.45, 7) is 1.94. The van der Waals surface area contributed by atoms with Crippen LogP contribution in [0.1, 0.15) is 29.3 Å². The first-order valence-corrected chi connectivity index (χ1v) is 14.9. The largest absolute Gasteiger partial charge is 0.495 e. The van der Waals surface area contributed by atoms with Crippen LogP contribution >= 0.6 is 27.7 Å². The van der Waals surface area contributed by atoms with Gasteiger partial charge in [-0.3, -0.25) is 14.4 Å². The number of ether oxygens (including phenoxy) is 1. The zero-order chi connectivity index (χ0) is 29.9. The molecular weight excluding hydrogens is 614 g/mol. The third-order valence-corrected chi connectivity index (χ3v) is 7.94. The molecule has 0 radical (unpaired) electrons. The van der Waals surface area contributed by atoms with Crippen molar-refractivity contribution in [3.05, 3.63) is 124 Å². The van der Waals surface area contributed by atoms with E-state index in [9.17, 15) is 14.4 Å².